The van der Waals surface area contributed by atoms with E-state index in [0.29, 0.717) is 18.7 Å². The molecule has 3 atom stereocenters. The van der Waals surface area contributed by atoms with Crippen LogP contribution in [0.4, 0.5) is 5.69 Å². The Bertz CT molecular complexity index is 1320. The van der Waals surface area contributed by atoms with Crippen LogP contribution >= 0.6 is 0 Å². The molecule has 6 nitrogen and oxygen atoms in total. The van der Waals surface area contributed by atoms with E-state index in [1.165, 1.54) is 23.3 Å². The molecule has 1 aliphatic carbocycles. The molecule has 2 aliphatic rings. The van der Waals surface area contributed by atoms with Crippen molar-refractivity contribution in [2.75, 3.05) is 11.4 Å². The zero-order valence-corrected chi connectivity index (χ0v) is 18.8. The van der Waals surface area contributed by atoms with Crippen molar-refractivity contribution in [3.8, 4) is 11.3 Å². The standard InChI is InChI=1S/C25H25N3O3S/c1-15-14-28(24-13-19(32(26,30)31)7-9-20(15)24)25(29)22-12-18-11-17(6-8-21(18)16(22)2)23-5-3-4-10-27-23/h3-11,13,15-16,22H,12,14H2,1-2H3,(H2,26,30,31)/t15?,16-,22-/m1/s1. The van der Waals surface area contributed by atoms with Crippen LogP contribution in [-0.2, 0) is 21.2 Å². The van der Waals surface area contributed by atoms with E-state index < -0.39 is 10.0 Å². The molecule has 164 valence electrons. The van der Waals surface area contributed by atoms with Gasteiger partial charge in [-0.1, -0.05) is 38.1 Å². The van der Waals surface area contributed by atoms with Crippen LogP contribution in [0.15, 0.2) is 65.7 Å². The maximum atomic E-state index is 13.7. The molecule has 2 aromatic carbocycles. The Balaban J connectivity index is 1.46. The van der Waals surface area contributed by atoms with Crippen molar-refractivity contribution < 1.29 is 13.2 Å². The largest absolute Gasteiger partial charge is 0.311 e. The van der Waals surface area contributed by atoms with Gasteiger partial charge < -0.3 is 4.90 Å². The lowest BCUT2D eigenvalue weighted by molar-refractivity contribution is -0.122. The zero-order chi connectivity index (χ0) is 22.6. The van der Waals surface area contributed by atoms with Crippen LogP contribution in [0.25, 0.3) is 11.3 Å². The molecule has 7 heteroatoms. The summed E-state index contributed by atoms with van der Waals surface area (Å²) in [4.78, 5) is 19.9. The minimum Gasteiger partial charge on any atom is -0.311 e. The first-order chi connectivity index (χ1) is 15.2. The van der Waals surface area contributed by atoms with Crippen LogP contribution in [0.5, 0.6) is 0 Å². The molecule has 2 N–H and O–H groups in total. The number of pyridine rings is 1. The third kappa shape index (κ3) is 3.42. The molecule has 32 heavy (non-hydrogen) atoms. The van der Waals surface area contributed by atoms with Crippen molar-refractivity contribution in [2.45, 2.75) is 37.0 Å². The maximum Gasteiger partial charge on any atom is 0.238 e. The predicted octanol–water partition coefficient (Wildman–Crippen LogP) is 3.82. The van der Waals surface area contributed by atoms with Gasteiger partial charge in [0.2, 0.25) is 15.9 Å². The number of carbonyl (C=O) groups excluding carboxylic acids is 1. The number of amides is 1. The van der Waals surface area contributed by atoms with Gasteiger partial charge in [-0.25, -0.2) is 13.6 Å². The summed E-state index contributed by atoms with van der Waals surface area (Å²) in [5.41, 5.74) is 5.95. The van der Waals surface area contributed by atoms with Gasteiger partial charge in [-0.05, 0) is 59.4 Å². The van der Waals surface area contributed by atoms with Gasteiger partial charge in [0.05, 0.1) is 10.6 Å². The van der Waals surface area contributed by atoms with E-state index in [0.717, 1.165) is 16.8 Å². The van der Waals surface area contributed by atoms with Gasteiger partial charge in [0, 0.05) is 35.8 Å². The molecule has 2 heterocycles. The summed E-state index contributed by atoms with van der Waals surface area (Å²) in [6, 6.07) is 17.0. The van der Waals surface area contributed by atoms with E-state index in [1.54, 1.807) is 17.2 Å². The van der Waals surface area contributed by atoms with E-state index in [9.17, 15) is 13.2 Å². The van der Waals surface area contributed by atoms with E-state index >= 15 is 0 Å². The Kier molecular flexibility index (Phi) is 4.91. The van der Waals surface area contributed by atoms with Gasteiger partial charge in [0.15, 0.2) is 0 Å². The Morgan fingerprint density at radius 2 is 1.84 bits per heavy atom. The molecule has 0 radical (unpaired) electrons. The second-order valence-electron chi connectivity index (χ2n) is 8.84. The second kappa shape index (κ2) is 7.53. The molecule has 0 spiro atoms. The summed E-state index contributed by atoms with van der Waals surface area (Å²) < 4.78 is 23.7. The quantitative estimate of drug-likeness (QED) is 0.660. The minimum atomic E-state index is -3.84. The van der Waals surface area contributed by atoms with Crippen LogP contribution in [0.3, 0.4) is 0 Å². The van der Waals surface area contributed by atoms with Crippen molar-refractivity contribution in [1.29, 1.82) is 0 Å². The van der Waals surface area contributed by atoms with E-state index in [4.69, 9.17) is 5.14 Å². The highest BCUT2D eigenvalue weighted by Crippen LogP contribution is 2.44. The highest BCUT2D eigenvalue weighted by molar-refractivity contribution is 7.89. The molecule has 5 rings (SSSR count). The number of sulfonamides is 1. The number of rotatable bonds is 3. The van der Waals surface area contributed by atoms with Gasteiger partial charge in [0.25, 0.3) is 0 Å². The summed E-state index contributed by atoms with van der Waals surface area (Å²) in [6.45, 7) is 4.69. The number of hydrogen-bond acceptors (Lipinski definition) is 4. The van der Waals surface area contributed by atoms with Crippen molar-refractivity contribution >= 4 is 21.6 Å². The molecular formula is C25H25N3O3S. The third-order valence-corrected chi connectivity index (χ3v) is 7.74. The molecule has 0 bridgehead atoms. The zero-order valence-electron chi connectivity index (χ0n) is 18.0. The number of carbonyl (C=O) groups is 1. The van der Waals surface area contributed by atoms with Crippen LogP contribution in [0.1, 0.15) is 42.4 Å². The fraction of sp³-hybridized carbons (Fsp3) is 0.280. The molecule has 1 aliphatic heterocycles. The smallest absolute Gasteiger partial charge is 0.238 e. The first-order valence-electron chi connectivity index (χ1n) is 10.8. The number of anilines is 1. The molecule has 0 fully saturated rings. The lowest BCUT2D eigenvalue weighted by Gasteiger charge is -2.24. The number of nitrogens with zero attached hydrogens (tertiary/aromatic N) is 2. The normalized spacial score (nSPS) is 22.0. The number of fused-ring (bicyclic) bond motifs is 2. The minimum absolute atomic E-state index is 0.0326. The van der Waals surface area contributed by atoms with Crippen LogP contribution in [0, 0.1) is 5.92 Å². The summed E-state index contributed by atoms with van der Waals surface area (Å²) >= 11 is 0. The van der Waals surface area contributed by atoms with E-state index in [2.05, 4.69) is 37.0 Å². The molecule has 1 amide bonds. The topological polar surface area (TPSA) is 93.4 Å². The lowest BCUT2D eigenvalue weighted by atomic mass is 9.93. The molecule has 3 aromatic rings. The number of benzene rings is 2. The summed E-state index contributed by atoms with van der Waals surface area (Å²) in [5.74, 6) is 0.0555. The van der Waals surface area contributed by atoms with Gasteiger partial charge in [-0.3, -0.25) is 9.78 Å². The number of aromatic nitrogens is 1. The fourth-order valence-corrected chi connectivity index (χ4v) is 5.62. The van der Waals surface area contributed by atoms with Gasteiger partial charge in [-0.15, -0.1) is 0 Å². The maximum absolute atomic E-state index is 13.7. The molecule has 1 aromatic heterocycles. The first kappa shape index (κ1) is 20.8. The first-order valence-corrected chi connectivity index (χ1v) is 12.3. The van der Waals surface area contributed by atoms with Crippen LogP contribution in [-0.4, -0.2) is 25.9 Å². The van der Waals surface area contributed by atoms with Gasteiger partial charge in [0.1, 0.15) is 0 Å². The Morgan fingerprint density at radius 1 is 1.06 bits per heavy atom. The number of primary sulfonamides is 1. The van der Waals surface area contributed by atoms with Crippen molar-refractivity contribution in [3.05, 3.63) is 77.5 Å². The highest BCUT2D eigenvalue weighted by Gasteiger charge is 2.40. The average Bonchev–Trinajstić information content (AvgIpc) is 3.29. The van der Waals surface area contributed by atoms with Crippen LogP contribution < -0.4 is 10.0 Å². The van der Waals surface area contributed by atoms with Gasteiger partial charge in [-0.2, -0.15) is 0 Å². The molecule has 0 saturated carbocycles. The van der Waals surface area contributed by atoms with Crippen molar-refractivity contribution in [3.63, 3.8) is 0 Å². The lowest BCUT2D eigenvalue weighted by Crippen LogP contribution is -2.36. The van der Waals surface area contributed by atoms with Crippen molar-refractivity contribution in [2.24, 2.45) is 11.1 Å². The fourth-order valence-electron chi connectivity index (χ4n) is 5.08. The van der Waals surface area contributed by atoms with E-state index in [1.807, 2.05) is 18.2 Å². The average molecular weight is 448 g/mol. The monoisotopic (exact) mass is 447 g/mol. The molecule has 1 unspecified atom stereocenters. The Labute approximate surface area is 188 Å². The summed E-state index contributed by atoms with van der Waals surface area (Å²) in [7, 11) is -3.84. The van der Waals surface area contributed by atoms with Gasteiger partial charge >= 0.3 is 0 Å². The Hall–Kier alpha value is -3.03. The SMILES string of the molecule is CC1CN(C(=O)[C@@H]2Cc3cc(-c4ccccn4)ccc3[C@H]2C)c2cc(S(N)(=O)=O)ccc21. The van der Waals surface area contributed by atoms with Crippen LogP contribution in [0.2, 0.25) is 0 Å². The Morgan fingerprint density at radius 3 is 2.56 bits per heavy atom. The second-order valence-corrected chi connectivity index (χ2v) is 10.4. The number of hydrogen-bond donors (Lipinski definition) is 1. The predicted molar refractivity (Wildman–Crippen MR) is 124 cm³/mol. The molecular weight excluding hydrogens is 422 g/mol. The third-order valence-electron chi connectivity index (χ3n) is 6.83. The summed E-state index contributed by atoms with van der Waals surface area (Å²) in [6.07, 6.45) is 2.43. The van der Waals surface area contributed by atoms with Crippen molar-refractivity contribution in [1.82, 2.24) is 4.98 Å². The molecule has 0 saturated heterocycles. The highest BCUT2D eigenvalue weighted by atomic mass is 32.2. The number of nitrogens with two attached hydrogens (primary N) is 1. The van der Waals surface area contributed by atoms with E-state index in [-0.39, 0.29) is 28.6 Å². The summed E-state index contributed by atoms with van der Waals surface area (Å²) in [5, 5.41) is 5.33.